The Kier molecular flexibility index (Phi) is 6.33. The molecular weight excluding hydrogens is 449 g/mol. The Morgan fingerprint density at radius 2 is 1.24 bits per heavy atom. The van der Waals surface area contributed by atoms with Crippen LogP contribution in [0.3, 0.4) is 0 Å². The first-order chi connectivity index (χ1) is 16.3. The predicted octanol–water partition coefficient (Wildman–Crippen LogP) is 2.33. The van der Waals surface area contributed by atoms with Gasteiger partial charge < -0.3 is 5.73 Å². The molecular formula is C24H19F3N4O3. The second kappa shape index (κ2) is 9.36. The second-order valence-corrected chi connectivity index (χ2v) is 7.55. The summed E-state index contributed by atoms with van der Waals surface area (Å²) in [5.41, 5.74) is 2.31. The summed E-state index contributed by atoms with van der Waals surface area (Å²) < 4.78 is 44.7. The minimum absolute atomic E-state index is 0.365. The molecule has 1 heterocycles. The van der Waals surface area contributed by atoms with Gasteiger partial charge in [0, 0.05) is 11.6 Å². The Hall–Kier alpha value is -4.18. The van der Waals surface area contributed by atoms with Crippen molar-refractivity contribution >= 4 is 0 Å². The highest BCUT2D eigenvalue weighted by Crippen LogP contribution is 2.14. The van der Waals surface area contributed by atoms with E-state index in [1.165, 1.54) is 18.2 Å². The fourth-order valence-corrected chi connectivity index (χ4v) is 3.61. The van der Waals surface area contributed by atoms with Gasteiger partial charge in [-0.2, -0.15) is 0 Å². The number of hydrogen-bond acceptors (Lipinski definition) is 4. The van der Waals surface area contributed by atoms with Gasteiger partial charge in [-0.05, 0) is 29.8 Å². The van der Waals surface area contributed by atoms with E-state index < -0.39 is 58.4 Å². The van der Waals surface area contributed by atoms with Gasteiger partial charge in [0.1, 0.15) is 17.5 Å². The van der Waals surface area contributed by atoms with Gasteiger partial charge in [0.05, 0.1) is 18.8 Å². The monoisotopic (exact) mass is 468 g/mol. The molecule has 10 heteroatoms. The van der Waals surface area contributed by atoms with Crippen LogP contribution >= 0.6 is 0 Å². The van der Waals surface area contributed by atoms with Crippen LogP contribution in [0.4, 0.5) is 13.2 Å². The summed E-state index contributed by atoms with van der Waals surface area (Å²) in [4.78, 5) is 39.6. The Bertz CT molecular complexity index is 1510. The molecule has 0 fully saturated rings. The number of nitrogens with zero attached hydrogens (tertiary/aromatic N) is 3. The fraction of sp³-hybridized carbons (Fsp3) is 0.125. The molecule has 2 N–H and O–H groups in total. The van der Waals surface area contributed by atoms with E-state index in [4.69, 9.17) is 5.73 Å². The largest absolute Gasteiger partial charge is 0.341 e. The fourth-order valence-electron chi connectivity index (χ4n) is 3.61. The Labute approximate surface area is 190 Å². The van der Waals surface area contributed by atoms with Crippen LogP contribution in [-0.4, -0.2) is 13.7 Å². The Morgan fingerprint density at radius 1 is 0.676 bits per heavy atom. The van der Waals surface area contributed by atoms with Crippen molar-refractivity contribution in [1.29, 1.82) is 0 Å². The number of hydrogen-bond donors (Lipinski definition) is 1. The van der Waals surface area contributed by atoms with E-state index in [1.54, 1.807) is 30.3 Å². The van der Waals surface area contributed by atoms with Gasteiger partial charge in [0.25, 0.3) is 0 Å². The third kappa shape index (κ3) is 4.23. The molecule has 0 aliphatic heterocycles. The van der Waals surface area contributed by atoms with Crippen molar-refractivity contribution in [3.8, 4) is 5.69 Å². The lowest BCUT2D eigenvalue weighted by Crippen LogP contribution is -2.55. The van der Waals surface area contributed by atoms with Crippen LogP contribution in [0.2, 0.25) is 0 Å². The van der Waals surface area contributed by atoms with Crippen molar-refractivity contribution in [3.05, 3.63) is 133 Å². The summed E-state index contributed by atoms with van der Waals surface area (Å²) >= 11 is 0. The molecule has 4 aromatic rings. The molecule has 7 nitrogen and oxygen atoms in total. The van der Waals surface area contributed by atoms with Crippen LogP contribution in [0, 0.1) is 17.5 Å². The standard InChI is InChI=1S/C24H19F3N4O3/c25-17-10-6-11-18(26)16(17)13-29-22(32)30(14-20(28)15-7-2-1-3-8-15)24(34)31(23(29)33)21-12-5-4-9-19(21)27/h1-12,20H,13-14,28H2/t20-/m1/s1. The highest BCUT2D eigenvalue weighted by atomic mass is 19.1. The molecule has 3 aromatic carbocycles. The Morgan fingerprint density at radius 3 is 1.88 bits per heavy atom. The van der Waals surface area contributed by atoms with Crippen molar-refractivity contribution in [3.63, 3.8) is 0 Å². The van der Waals surface area contributed by atoms with Crippen LogP contribution in [0.15, 0.2) is 87.2 Å². The number of benzene rings is 3. The Balaban J connectivity index is 1.96. The van der Waals surface area contributed by atoms with E-state index in [2.05, 4.69) is 0 Å². The lowest BCUT2D eigenvalue weighted by Gasteiger charge is -2.18. The van der Waals surface area contributed by atoms with Gasteiger partial charge in [0.15, 0.2) is 0 Å². The van der Waals surface area contributed by atoms with Gasteiger partial charge in [0.2, 0.25) is 0 Å². The average molecular weight is 468 g/mol. The van der Waals surface area contributed by atoms with Gasteiger partial charge in [-0.1, -0.05) is 48.5 Å². The molecule has 0 amide bonds. The third-order valence-electron chi connectivity index (χ3n) is 5.38. The molecule has 34 heavy (non-hydrogen) atoms. The SMILES string of the molecule is N[C@H](Cn1c(=O)n(Cc2c(F)cccc2F)c(=O)n(-c2ccccc2F)c1=O)c1ccccc1. The molecule has 4 rings (SSSR count). The number of aromatic nitrogens is 3. The first-order valence-electron chi connectivity index (χ1n) is 10.2. The molecule has 0 radical (unpaired) electrons. The van der Waals surface area contributed by atoms with Gasteiger partial charge >= 0.3 is 17.1 Å². The minimum Gasteiger partial charge on any atom is -0.322 e. The van der Waals surface area contributed by atoms with E-state index in [1.807, 2.05) is 0 Å². The average Bonchev–Trinajstić information content (AvgIpc) is 2.83. The molecule has 1 atom stereocenters. The molecule has 0 aliphatic carbocycles. The van der Waals surface area contributed by atoms with E-state index in [9.17, 15) is 27.6 Å². The molecule has 0 aliphatic rings. The van der Waals surface area contributed by atoms with Crippen molar-refractivity contribution in [2.75, 3.05) is 0 Å². The number of halogens is 3. The molecule has 0 unspecified atom stereocenters. The van der Waals surface area contributed by atoms with Crippen LogP contribution in [0.5, 0.6) is 0 Å². The zero-order valence-electron chi connectivity index (χ0n) is 17.7. The number of para-hydroxylation sites is 1. The van der Waals surface area contributed by atoms with E-state index in [0.29, 0.717) is 19.3 Å². The van der Waals surface area contributed by atoms with Crippen molar-refractivity contribution in [2.24, 2.45) is 5.73 Å². The molecule has 0 saturated carbocycles. The van der Waals surface area contributed by atoms with Crippen LogP contribution in [0.1, 0.15) is 17.2 Å². The molecule has 174 valence electrons. The topological polar surface area (TPSA) is 92.0 Å². The maximum atomic E-state index is 14.5. The summed E-state index contributed by atoms with van der Waals surface area (Å²) in [7, 11) is 0. The second-order valence-electron chi connectivity index (χ2n) is 7.55. The molecule has 0 spiro atoms. The van der Waals surface area contributed by atoms with Crippen molar-refractivity contribution in [1.82, 2.24) is 13.7 Å². The zero-order chi connectivity index (χ0) is 24.4. The summed E-state index contributed by atoms with van der Waals surface area (Å²) in [6, 6.07) is 15.8. The summed E-state index contributed by atoms with van der Waals surface area (Å²) in [6.07, 6.45) is 0. The third-order valence-corrected chi connectivity index (χ3v) is 5.38. The van der Waals surface area contributed by atoms with E-state index in [0.717, 1.165) is 24.3 Å². The molecule has 1 aromatic heterocycles. The number of rotatable bonds is 6. The number of nitrogens with two attached hydrogens (primary N) is 1. The van der Waals surface area contributed by atoms with Crippen molar-refractivity contribution in [2.45, 2.75) is 19.1 Å². The summed E-state index contributed by atoms with van der Waals surface area (Å²) in [6.45, 7) is -1.18. The smallest absolute Gasteiger partial charge is 0.322 e. The van der Waals surface area contributed by atoms with Crippen LogP contribution < -0.4 is 22.8 Å². The lowest BCUT2D eigenvalue weighted by molar-refractivity contribution is 0.455. The van der Waals surface area contributed by atoms with E-state index >= 15 is 0 Å². The maximum Gasteiger partial charge on any atom is 0.341 e. The lowest BCUT2D eigenvalue weighted by atomic mass is 10.1. The normalized spacial score (nSPS) is 12.0. The van der Waals surface area contributed by atoms with Crippen molar-refractivity contribution < 1.29 is 13.2 Å². The van der Waals surface area contributed by atoms with Gasteiger partial charge in [-0.15, -0.1) is 0 Å². The molecule has 0 saturated heterocycles. The summed E-state index contributed by atoms with van der Waals surface area (Å²) in [5.74, 6) is -2.87. The quantitative estimate of drug-likeness (QED) is 0.470. The first-order valence-corrected chi connectivity index (χ1v) is 10.2. The minimum atomic E-state index is -1.24. The highest BCUT2D eigenvalue weighted by molar-refractivity contribution is 5.33. The van der Waals surface area contributed by atoms with Crippen LogP contribution in [-0.2, 0) is 13.1 Å². The van der Waals surface area contributed by atoms with Gasteiger partial charge in [-0.3, -0.25) is 0 Å². The molecule has 0 bridgehead atoms. The first kappa shape index (κ1) is 23.0. The van der Waals surface area contributed by atoms with Gasteiger partial charge in [-0.25, -0.2) is 41.3 Å². The van der Waals surface area contributed by atoms with Crippen LogP contribution in [0.25, 0.3) is 5.69 Å². The zero-order valence-corrected chi connectivity index (χ0v) is 17.7. The predicted molar refractivity (Wildman–Crippen MR) is 119 cm³/mol. The summed E-state index contributed by atoms with van der Waals surface area (Å²) in [5, 5.41) is 0. The maximum absolute atomic E-state index is 14.5. The van der Waals surface area contributed by atoms with E-state index in [-0.39, 0.29) is 6.54 Å². The highest BCUT2D eigenvalue weighted by Gasteiger charge is 2.22.